The van der Waals surface area contributed by atoms with Crippen LogP contribution in [0, 0.1) is 0 Å². The van der Waals surface area contributed by atoms with Crippen LogP contribution < -0.4 is 0 Å². The highest BCUT2D eigenvalue weighted by molar-refractivity contribution is 7.89. The lowest BCUT2D eigenvalue weighted by Gasteiger charge is -2.20. The molecule has 20 heavy (non-hydrogen) atoms. The number of aliphatic hydroxyl groups excluding tert-OH is 1. The second-order valence-electron chi connectivity index (χ2n) is 4.20. The van der Waals surface area contributed by atoms with Crippen LogP contribution in [0.3, 0.4) is 0 Å². The van der Waals surface area contributed by atoms with Gasteiger partial charge < -0.3 is 5.11 Å². The van der Waals surface area contributed by atoms with E-state index in [4.69, 9.17) is 5.11 Å². The van der Waals surface area contributed by atoms with Crippen molar-refractivity contribution in [1.82, 2.24) is 9.29 Å². The van der Waals surface area contributed by atoms with Gasteiger partial charge in [0, 0.05) is 24.7 Å². The molecule has 2 rings (SSSR count). The SMILES string of the molecule is C=CCN(CCO)S(=O)(=O)c1cccc2ncccc12. The number of hydrogen-bond acceptors (Lipinski definition) is 4. The smallest absolute Gasteiger partial charge is 0.244 e. The van der Waals surface area contributed by atoms with E-state index in [1.165, 1.54) is 10.4 Å². The maximum atomic E-state index is 12.7. The second-order valence-corrected chi connectivity index (χ2v) is 6.11. The highest BCUT2D eigenvalue weighted by atomic mass is 32.2. The van der Waals surface area contributed by atoms with Gasteiger partial charge in [-0.05, 0) is 24.3 Å². The summed E-state index contributed by atoms with van der Waals surface area (Å²) in [5.74, 6) is 0. The molecule has 1 heterocycles. The minimum absolute atomic E-state index is 0.0327. The molecule has 0 saturated heterocycles. The average Bonchev–Trinajstić information content (AvgIpc) is 2.46. The van der Waals surface area contributed by atoms with E-state index < -0.39 is 10.0 Å². The Morgan fingerprint density at radius 1 is 1.30 bits per heavy atom. The predicted molar refractivity (Wildman–Crippen MR) is 77.8 cm³/mol. The molecule has 0 bridgehead atoms. The number of nitrogens with zero attached hydrogens (tertiary/aromatic N) is 2. The van der Waals surface area contributed by atoms with Crippen LogP contribution in [0.4, 0.5) is 0 Å². The van der Waals surface area contributed by atoms with Crippen LogP contribution in [-0.4, -0.2) is 42.5 Å². The van der Waals surface area contributed by atoms with E-state index in [9.17, 15) is 8.42 Å². The van der Waals surface area contributed by atoms with Gasteiger partial charge >= 0.3 is 0 Å². The van der Waals surface area contributed by atoms with Crippen LogP contribution in [0.5, 0.6) is 0 Å². The fraction of sp³-hybridized carbons (Fsp3) is 0.214. The number of rotatable bonds is 6. The zero-order chi connectivity index (χ0) is 14.6. The molecule has 0 aliphatic rings. The van der Waals surface area contributed by atoms with Crippen LogP contribution in [0.25, 0.3) is 10.9 Å². The molecule has 0 atom stereocenters. The monoisotopic (exact) mass is 292 g/mol. The van der Waals surface area contributed by atoms with Crippen molar-refractivity contribution in [3.63, 3.8) is 0 Å². The zero-order valence-corrected chi connectivity index (χ0v) is 11.8. The number of fused-ring (bicyclic) bond motifs is 1. The number of aromatic nitrogens is 1. The fourth-order valence-corrected chi connectivity index (χ4v) is 3.61. The van der Waals surface area contributed by atoms with Crippen molar-refractivity contribution >= 4 is 20.9 Å². The quantitative estimate of drug-likeness (QED) is 0.817. The first-order valence-corrected chi connectivity index (χ1v) is 7.61. The van der Waals surface area contributed by atoms with Crippen molar-refractivity contribution in [2.45, 2.75) is 4.90 Å². The summed E-state index contributed by atoms with van der Waals surface area (Å²) >= 11 is 0. The molecule has 0 amide bonds. The van der Waals surface area contributed by atoms with Crippen LogP contribution in [0.15, 0.2) is 54.1 Å². The fourth-order valence-electron chi connectivity index (χ4n) is 2.00. The lowest BCUT2D eigenvalue weighted by molar-refractivity contribution is 0.260. The van der Waals surface area contributed by atoms with Crippen molar-refractivity contribution in [3.05, 3.63) is 49.2 Å². The van der Waals surface area contributed by atoms with Gasteiger partial charge in [-0.15, -0.1) is 6.58 Å². The third-order valence-electron chi connectivity index (χ3n) is 2.91. The summed E-state index contributed by atoms with van der Waals surface area (Å²) < 4.78 is 26.5. The summed E-state index contributed by atoms with van der Waals surface area (Å²) in [5, 5.41) is 9.61. The zero-order valence-electron chi connectivity index (χ0n) is 10.9. The lowest BCUT2D eigenvalue weighted by atomic mass is 10.2. The highest BCUT2D eigenvalue weighted by Crippen LogP contribution is 2.24. The first-order valence-electron chi connectivity index (χ1n) is 6.17. The van der Waals surface area contributed by atoms with E-state index >= 15 is 0 Å². The van der Waals surface area contributed by atoms with Crippen LogP contribution in [-0.2, 0) is 10.0 Å². The Labute approximate surface area is 118 Å². The minimum atomic E-state index is -3.69. The Morgan fingerprint density at radius 3 is 2.80 bits per heavy atom. The van der Waals surface area contributed by atoms with Gasteiger partial charge in [-0.2, -0.15) is 4.31 Å². The summed E-state index contributed by atoms with van der Waals surface area (Å²) in [6.07, 6.45) is 3.12. The Balaban J connectivity index is 2.58. The molecule has 1 aromatic carbocycles. The third kappa shape index (κ3) is 2.72. The molecule has 0 saturated carbocycles. The maximum absolute atomic E-state index is 12.7. The van der Waals surface area contributed by atoms with Gasteiger partial charge in [0.25, 0.3) is 0 Å². The summed E-state index contributed by atoms with van der Waals surface area (Å²) in [6, 6.07) is 8.39. The van der Waals surface area contributed by atoms with E-state index in [1.807, 2.05) is 0 Å². The van der Waals surface area contributed by atoms with Crippen molar-refractivity contribution in [2.75, 3.05) is 19.7 Å². The number of pyridine rings is 1. The number of sulfonamides is 1. The van der Waals surface area contributed by atoms with Crippen molar-refractivity contribution in [2.24, 2.45) is 0 Å². The Bertz CT molecular complexity index is 708. The Hall–Kier alpha value is -1.76. The van der Waals surface area contributed by atoms with E-state index in [1.54, 1.807) is 36.5 Å². The molecule has 5 nitrogen and oxygen atoms in total. The van der Waals surface area contributed by atoms with Crippen molar-refractivity contribution < 1.29 is 13.5 Å². The average molecular weight is 292 g/mol. The number of hydrogen-bond donors (Lipinski definition) is 1. The number of aliphatic hydroxyl groups is 1. The van der Waals surface area contributed by atoms with Gasteiger partial charge in [0.05, 0.1) is 17.0 Å². The van der Waals surface area contributed by atoms with E-state index in [-0.39, 0.29) is 24.6 Å². The molecule has 0 radical (unpaired) electrons. The predicted octanol–water partition coefficient (Wildman–Crippen LogP) is 1.40. The van der Waals surface area contributed by atoms with Crippen LogP contribution >= 0.6 is 0 Å². The molecule has 0 fully saturated rings. The van der Waals surface area contributed by atoms with Gasteiger partial charge in [-0.25, -0.2) is 8.42 Å². The molecule has 2 aromatic rings. The molecule has 6 heteroatoms. The Kier molecular flexibility index (Phi) is 4.49. The molecule has 0 aliphatic carbocycles. The van der Waals surface area contributed by atoms with Gasteiger partial charge in [0.15, 0.2) is 0 Å². The first-order chi connectivity index (χ1) is 9.61. The Morgan fingerprint density at radius 2 is 2.10 bits per heavy atom. The summed E-state index contributed by atoms with van der Waals surface area (Å²) in [6.45, 7) is 3.50. The van der Waals surface area contributed by atoms with Gasteiger partial charge in [-0.1, -0.05) is 12.1 Å². The molecule has 1 aromatic heterocycles. The standard InChI is InChI=1S/C14H16N2O3S/c1-2-9-16(10-11-17)20(18,19)14-7-3-6-13-12(14)5-4-8-15-13/h2-8,17H,1,9-11H2. The topological polar surface area (TPSA) is 70.5 Å². The first kappa shape index (κ1) is 14.6. The summed E-state index contributed by atoms with van der Waals surface area (Å²) in [5.41, 5.74) is 0.621. The van der Waals surface area contributed by atoms with E-state index in [0.29, 0.717) is 10.9 Å². The highest BCUT2D eigenvalue weighted by Gasteiger charge is 2.24. The molecule has 0 spiro atoms. The van der Waals surface area contributed by atoms with E-state index in [0.717, 1.165) is 0 Å². The van der Waals surface area contributed by atoms with Crippen LogP contribution in [0.2, 0.25) is 0 Å². The maximum Gasteiger partial charge on any atom is 0.244 e. The third-order valence-corrected chi connectivity index (χ3v) is 4.83. The normalized spacial score (nSPS) is 11.9. The van der Waals surface area contributed by atoms with Crippen molar-refractivity contribution in [3.8, 4) is 0 Å². The largest absolute Gasteiger partial charge is 0.395 e. The second kappa shape index (κ2) is 6.13. The molecule has 0 aliphatic heterocycles. The molecular formula is C14H16N2O3S. The molecule has 0 unspecified atom stereocenters. The van der Waals surface area contributed by atoms with Gasteiger partial charge in [0.2, 0.25) is 10.0 Å². The molecule has 106 valence electrons. The summed E-state index contributed by atoms with van der Waals surface area (Å²) in [7, 11) is -3.69. The molecule has 1 N–H and O–H groups in total. The van der Waals surface area contributed by atoms with Crippen LogP contribution in [0.1, 0.15) is 0 Å². The number of benzene rings is 1. The van der Waals surface area contributed by atoms with Gasteiger partial charge in [0.1, 0.15) is 0 Å². The van der Waals surface area contributed by atoms with Crippen molar-refractivity contribution in [1.29, 1.82) is 0 Å². The molecular weight excluding hydrogens is 276 g/mol. The van der Waals surface area contributed by atoms with E-state index in [2.05, 4.69) is 11.6 Å². The summed E-state index contributed by atoms with van der Waals surface area (Å²) in [4.78, 5) is 4.35. The van der Waals surface area contributed by atoms with Gasteiger partial charge in [-0.3, -0.25) is 4.98 Å². The minimum Gasteiger partial charge on any atom is -0.395 e. The lowest BCUT2D eigenvalue weighted by Crippen LogP contribution is -2.33.